The molecule has 0 aromatic carbocycles. The van der Waals surface area contributed by atoms with Gasteiger partial charge in [-0.3, -0.25) is 4.79 Å². The fraction of sp³-hybridized carbons (Fsp3) is 0.688. The van der Waals surface area contributed by atoms with Crippen molar-refractivity contribution < 1.29 is 9.21 Å². The van der Waals surface area contributed by atoms with E-state index in [1.165, 1.54) is 0 Å². The van der Waals surface area contributed by atoms with E-state index in [-0.39, 0.29) is 17.9 Å². The summed E-state index contributed by atoms with van der Waals surface area (Å²) in [7, 11) is 0. The summed E-state index contributed by atoms with van der Waals surface area (Å²) in [5.74, 6) is 2.62. The third kappa shape index (κ3) is 5.00. The Bertz CT molecular complexity index is 438. The van der Waals surface area contributed by atoms with Crippen molar-refractivity contribution in [2.75, 3.05) is 6.54 Å². The normalized spacial score (nSPS) is 14.3. The van der Waals surface area contributed by atoms with Gasteiger partial charge in [0.2, 0.25) is 5.91 Å². The van der Waals surface area contributed by atoms with E-state index in [4.69, 9.17) is 10.2 Å². The topological polar surface area (TPSA) is 68.3 Å². The molecule has 1 rings (SSSR count). The minimum Gasteiger partial charge on any atom is -0.466 e. The number of aryl methyl sites for hydroxylation is 2. The van der Waals surface area contributed by atoms with Gasteiger partial charge in [0.25, 0.3) is 0 Å². The van der Waals surface area contributed by atoms with Crippen LogP contribution in [0.5, 0.6) is 0 Å². The Labute approximate surface area is 122 Å². The Morgan fingerprint density at radius 1 is 1.35 bits per heavy atom. The minimum absolute atomic E-state index is 0.0302. The Kier molecular flexibility index (Phi) is 6.27. The van der Waals surface area contributed by atoms with Crippen LogP contribution in [0.2, 0.25) is 0 Å². The van der Waals surface area contributed by atoms with Gasteiger partial charge in [0.15, 0.2) is 0 Å². The first-order chi connectivity index (χ1) is 9.33. The van der Waals surface area contributed by atoms with Crippen LogP contribution >= 0.6 is 0 Å². The maximum atomic E-state index is 12.1. The second kappa shape index (κ2) is 7.48. The monoisotopic (exact) mass is 280 g/mol. The highest BCUT2D eigenvalue weighted by Gasteiger charge is 2.18. The van der Waals surface area contributed by atoms with Crippen molar-refractivity contribution in [3.63, 3.8) is 0 Å². The molecule has 0 aliphatic carbocycles. The fourth-order valence-electron chi connectivity index (χ4n) is 2.65. The molecule has 1 aromatic rings. The molecule has 0 saturated carbocycles. The average Bonchev–Trinajstić information content (AvgIpc) is 2.66. The van der Waals surface area contributed by atoms with Gasteiger partial charge in [-0.05, 0) is 51.6 Å². The highest BCUT2D eigenvalue weighted by atomic mass is 16.3. The maximum absolute atomic E-state index is 12.1. The number of rotatable bonds is 7. The Balaban J connectivity index is 2.55. The number of nitrogens with one attached hydrogen (secondary N) is 1. The standard InChI is InChI=1S/C16H28N2O2/c1-10(2)6-14(9-17)8-16(19)18-12(4)15-7-11(3)20-13(15)5/h7,10,12,14H,6,8-9,17H2,1-5H3,(H,18,19)/t12?,14-/m0/s1. The van der Waals surface area contributed by atoms with Gasteiger partial charge in [-0.15, -0.1) is 0 Å². The molecule has 0 spiro atoms. The third-order valence-electron chi connectivity index (χ3n) is 3.54. The number of furan rings is 1. The van der Waals surface area contributed by atoms with Gasteiger partial charge < -0.3 is 15.5 Å². The van der Waals surface area contributed by atoms with Gasteiger partial charge in [-0.2, -0.15) is 0 Å². The van der Waals surface area contributed by atoms with Crippen molar-refractivity contribution in [3.05, 3.63) is 23.2 Å². The van der Waals surface area contributed by atoms with Gasteiger partial charge in [-0.25, -0.2) is 0 Å². The van der Waals surface area contributed by atoms with Crippen molar-refractivity contribution in [1.29, 1.82) is 0 Å². The summed E-state index contributed by atoms with van der Waals surface area (Å²) in [6.07, 6.45) is 1.48. The average molecular weight is 280 g/mol. The highest BCUT2D eigenvalue weighted by Crippen LogP contribution is 2.22. The van der Waals surface area contributed by atoms with Crippen molar-refractivity contribution in [2.45, 2.75) is 53.5 Å². The third-order valence-corrected chi connectivity index (χ3v) is 3.54. The van der Waals surface area contributed by atoms with Crippen molar-refractivity contribution >= 4 is 5.91 Å². The SMILES string of the molecule is Cc1cc(C(C)NC(=O)C[C@@H](CN)CC(C)C)c(C)o1. The van der Waals surface area contributed by atoms with E-state index in [0.29, 0.717) is 18.9 Å². The van der Waals surface area contributed by atoms with Crippen LogP contribution in [0, 0.1) is 25.7 Å². The lowest BCUT2D eigenvalue weighted by molar-refractivity contribution is -0.122. The van der Waals surface area contributed by atoms with Crippen LogP contribution in [0.3, 0.4) is 0 Å². The fourth-order valence-corrected chi connectivity index (χ4v) is 2.65. The second-order valence-electron chi connectivity index (χ2n) is 6.09. The largest absolute Gasteiger partial charge is 0.466 e. The Morgan fingerprint density at radius 2 is 2.00 bits per heavy atom. The van der Waals surface area contributed by atoms with Crippen LogP contribution in [-0.4, -0.2) is 12.5 Å². The van der Waals surface area contributed by atoms with Crippen LogP contribution in [-0.2, 0) is 4.79 Å². The van der Waals surface area contributed by atoms with E-state index in [9.17, 15) is 4.79 Å². The maximum Gasteiger partial charge on any atom is 0.220 e. The van der Waals surface area contributed by atoms with E-state index >= 15 is 0 Å². The van der Waals surface area contributed by atoms with Gasteiger partial charge in [0.05, 0.1) is 6.04 Å². The van der Waals surface area contributed by atoms with Crippen LogP contribution in [0.15, 0.2) is 10.5 Å². The molecule has 2 atom stereocenters. The van der Waals surface area contributed by atoms with E-state index in [1.54, 1.807) is 0 Å². The molecule has 0 saturated heterocycles. The molecule has 0 bridgehead atoms. The van der Waals surface area contributed by atoms with Crippen molar-refractivity contribution in [3.8, 4) is 0 Å². The van der Waals surface area contributed by atoms with E-state index < -0.39 is 0 Å². The predicted octanol–water partition coefficient (Wildman–Crippen LogP) is 3.08. The quantitative estimate of drug-likeness (QED) is 0.806. The Hall–Kier alpha value is -1.29. The molecular formula is C16H28N2O2. The predicted molar refractivity (Wildman–Crippen MR) is 81.4 cm³/mol. The molecule has 1 unspecified atom stereocenters. The molecule has 1 amide bonds. The molecule has 4 heteroatoms. The first-order valence-electron chi connectivity index (χ1n) is 7.39. The number of nitrogens with two attached hydrogens (primary N) is 1. The van der Waals surface area contributed by atoms with E-state index in [0.717, 1.165) is 23.5 Å². The molecular weight excluding hydrogens is 252 g/mol. The summed E-state index contributed by atoms with van der Waals surface area (Å²) in [6.45, 7) is 10.7. The number of carbonyl (C=O) groups excluding carboxylic acids is 1. The van der Waals surface area contributed by atoms with Gasteiger partial charge >= 0.3 is 0 Å². The molecule has 114 valence electrons. The number of amides is 1. The van der Waals surface area contributed by atoms with Crippen LogP contribution in [0.4, 0.5) is 0 Å². The minimum atomic E-state index is -0.0302. The Morgan fingerprint density at radius 3 is 2.45 bits per heavy atom. The number of hydrogen-bond donors (Lipinski definition) is 2. The zero-order valence-electron chi connectivity index (χ0n) is 13.3. The smallest absolute Gasteiger partial charge is 0.220 e. The molecule has 0 fully saturated rings. The summed E-state index contributed by atoms with van der Waals surface area (Å²) in [6, 6.07) is 1.95. The molecule has 0 aliphatic rings. The first-order valence-corrected chi connectivity index (χ1v) is 7.39. The van der Waals surface area contributed by atoms with Crippen LogP contribution in [0.1, 0.15) is 56.7 Å². The van der Waals surface area contributed by atoms with Gasteiger partial charge in [0.1, 0.15) is 11.5 Å². The lowest BCUT2D eigenvalue weighted by Crippen LogP contribution is -2.30. The summed E-state index contributed by atoms with van der Waals surface area (Å²) in [5, 5.41) is 3.03. The van der Waals surface area contributed by atoms with E-state index in [1.807, 2.05) is 26.8 Å². The zero-order valence-corrected chi connectivity index (χ0v) is 13.3. The van der Waals surface area contributed by atoms with Gasteiger partial charge in [0, 0.05) is 12.0 Å². The lowest BCUT2D eigenvalue weighted by Gasteiger charge is -2.19. The molecule has 4 nitrogen and oxygen atoms in total. The molecule has 3 N–H and O–H groups in total. The lowest BCUT2D eigenvalue weighted by atomic mass is 9.94. The highest BCUT2D eigenvalue weighted by molar-refractivity contribution is 5.76. The molecule has 1 aromatic heterocycles. The van der Waals surface area contributed by atoms with Crippen LogP contribution < -0.4 is 11.1 Å². The van der Waals surface area contributed by atoms with Crippen molar-refractivity contribution in [2.24, 2.45) is 17.6 Å². The summed E-state index contributed by atoms with van der Waals surface area (Å²) in [5.41, 5.74) is 6.79. The molecule has 1 heterocycles. The molecule has 20 heavy (non-hydrogen) atoms. The summed E-state index contributed by atoms with van der Waals surface area (Å²) >= 11 is 0. The van der Waals surface area contributed by atoms with Crippen LogP contribution in [0.25, 0.3) is 0 Å². The first kappa shape index (κ1) is 16.8. The number of hydrogen-bond acceptors (Lipinski definition) is 3. The van der Waals surface area contributed by atoms with E-state index in [2.05, 4.69) is 19.2 Å². The summed E-state index contributed by atoms with van der Waals surface area (Å²) in [4.78, 5) is 12.1. The summed E-state index contributed by atoms with van der Waals surface area (Å²) < 4.78 is 5.50. The second-order valence-corrected chi connectivity index (χ2v) is 6.09. The molecule has 0 radical (unpaired) electrons. The zero-order chi connectivity index (χ0) is 15.3. The van der Waals surface area contributed by atoms with Crippen molar-refractivity contribution in [1.82, 2.24) is 5.32 Å². The molecule has 0 aliphatic heterocycles. The van der Waals surface area contributed by atoms with Gasteiger partial charge in [-0.1, -0.05) is 13.8 Å². The number of carbonyl (C=O) groups is 1.